The molecule has 1 unspecified atom stereocenters. The Bertz CT molecular complexity index is 269. The van der Waals surface area contributed by atoms with Gasteiger partial charge in [0.1, 0.15) is 5.76 Å². The fraction of sp³-hybridized carbons (Fsp3) is 0.333. The lowest BCUT2D eigenvalue weighted by molar-refractivity contribution is 0.525. The van der Waals surface area contributed by atoms with Crippen molar-refractivity contribution in [2.24, 2.45) is 5.73 Å². The monoisotopic (exact) mass is 149 g/mol. The molecule has 0 saturated carbocycles. The molecule has 0 fully saturated rings. The predicted octanol–water partition coefficient (Wildman–Crippen LogP) is 1.61. The number of furan rings is 1. The first-order chi connectivity index (χ1) is 5.25. The van der Waals surface area contributed by atoms with Gasteiger partial charge in [-0.3, -0.25) is 0 Å². The number of nitrogens with two attached hydrogens (primary N) is 1. The molecule has 1 atom stereocenters. The largest absolute Gasteiger partial charge is 0.469 e. The number of aryl methyl sites for hydroxylation is 1. The van der Waals surface area contributed by atoms with E-state index in [1.807, 2.05) is 13.0 Å². The first kappa shape index (κ1) is 7.90. The summed E-state index contributed by atoms with van der Waals surface area (Å²) in [5.41, 5.74) is 6.75. The van der Waals surface area contributed by atoms with Crippen LogP contribution in [0.3, 0.4) is 0 Å². The average molecular weight is 149 g/mol. The van der Waals surface area contributed by atoms with E-state index in [0.717, 1.165) is 11.3 Å². The summed E-state index contributed by atoms with van der Waals surface area (Å²) in [5, 5.41) is 0. The smallest absolute Gasteiger partial charge is 0.105 e. The molecule has 0 aliphatic carbocycles. The van der Waals surface area contributed by atoms with Crippen LogP contribution in [0.4, 0.5) is 0 Å². The molecular formula is C9H11NO. The third kappa shape index (κ3) is 1.63. The van der Waals surface area contributed by atoms with Crippen LogP contribution in [0, 0.1) is 19.3 Å². The normalized spacial score (nSPS) is 12.5. The van der Waals surface area contributed by atoms with Crippen LogP contribution >= 0.6 is 0 Å². The van der Waals surface area contributed by atoms with Gasteiger partial charge in [-0.15, -0.1) is 12.3 Å². The molecular weight excluding hydrogens is 138 g/mol. The molecule has 58 valence electrons. The number of hydrogen-bond donors (Lipinski definition) is 1. The number of terminal acetylenes is 1. The predicted molar refractivity (Wildman–Crippen MR) is 43.8 cm³/mol. The maximum Gasteiger partial charge on any atom is 0.105 e. The minimum absolute atomic E-state index is 0.0845. The third-order valence-electron chi connectivity index (χ3n) is 1.64. The zero-order valence-electron chi connectivity index (χ0n) is 6.50. The molecule has 1 aromatic rings. The first-order valence-electron chi connectivity index (χ1n) is 3.48. The standard InChI is InChI=1S/C9H11NO/c1-3-4-9(10)8-5-6-11-7(8)2/h1,5-6,9H,4,10H2,2H3. The Morgan fingerprint density at radius 1 is 1.82 bits per heavy atom. The minimum Gasteiger partial charge on any atom is -0.469 e. The van der Waals surface area contributed by atoms with E-state index in [9.17, 15) is 0 Å². The van der Waals surface area contributed by atoms with E-state index in [4.69, 9.17) is 16.6 Å². The number of rotatable bonds is 2. The van der Waals surface area contributed by atoms with E-state index < -0.39 is 0 Å². The first-order valence-corrected chi connectivity index (χ1v) is 3.48. The van der Waals surface area contributed by atoms with E-state index in [1.165, 1.54) is 0 Å². The van der Waals surface area contributed by atoms with Crippen LogP contribution in [-0.4, -0.2) is 0 Å². The highest BCUT2D eigenvalue weighted by Crippen LogP contribution is 2.18. The van der Waals surface area contributed by atoms with E-state index in [2.05, 4.69) is 5.92 Å². The van der Waals surface area contributed by atoms with Crippen LogP contribution in [0.25, 0.3) is 0 Å². The average Bonchev–Trinajstić information content (AvgIpc) is 2.36. The molecule has 1 aromatic heterocycles. The van der Waals surface area contributed by atoms with Crippen LogP contribution < -0.4 is 5.73 Å². The molecule has 1 heterocycles. The molecule has 0 bridgehead atoms. The minimum atomic E-state index is -0.0845. The molecule has 0 saturated heterocycles. The van der Waals surface area contributed by atoms with Crippen LogP contribution in [-0.2, 0) is 0 Å². The van der Waals surface area contributed by atoms with Crippen molar-refractivity contribution < 1.29 is 4.42 Å². The maximum atomic E-state index is 5.75. The van der Waals surface area contributed by atoms with E-state index >= 15 is 0 Å². The summed E-state index contributed by atoms with van der Waals surface area (Å²) in [6.07, 6.45) is 7.31. The fourth-order valence-corrected chi connectivity index (χ4v) is 1.02. The zero-order chi connectivity index (χ0) is 8.27. The second-order valence-corrected chi connectivity index (χ2v) is 2.45. The molecule has 1 rings (SSSR count). The van der Waals surface area contributed by atoms with Gasteiger partial charge < -0.3 is 10.2 Å². The lowest BCUT2D eigenvalue weighted by atomic mass is 10.1. The van der Waals surface area contributed by atoms with Crippen molar-refractivity contribution >= 4 is 0 Å². The lowest BCUT2D eigenvalue weighted by Gasteiger charge is -2.04. The molecule has 2 N–H and O–H groups in total. The Labute approximate surface area is 66.4 Å². The van der Waals surface area contributed by atoms with Gasteiger partial charge in [0.25, 0.3) is 0 Å². The van der Waals surface area contributed by atoms with Crippen molar-refractivity contribution in [3.63, 3.8) is 0 Å². The van der Waals surface area contributed by atoms with Crippen LogP contribution in [0.1, 0.15) is 23.8 Å². The van der Waals surface area contributed by atoms with Crippen LogP contribution in [0.2, 0.25) is 0 Å². The quantitative estimate of drug-likeness (QED) is 0.649. The Morgan fingerprint density at radius 3 is 3.00 bits per heavy atom. The van der Waals surface area contributed by atoms with Gasteiger partial charge in [0.2, 0.25) is 0 Å². The van der Waals surface area contributed by atoms with E-state index in [0.29, 0.717) is 6.42 Å². The molecule has 11 heavy (non-hydrogen) atoms. The Balaban J connectivity index is 2.77. The zero-order valence-corrected chi connectivity index (χ0v) is 6.50. The Hall–Kier alpha value is -1.20. The van der Waals surface area contributed by atoms with Crippen molar-refractivity contribution in [2.75, 3.05) is 0 Å². The summed E-state index contributed by atoms with van der Waals surface area (Å²) < 4.78 is 5.08. The Kier molecular flexibility index (Phi) is 2.35. The maximum absolute atomic E-state index is 5.75. The van der Waals surface area contributed by atoms with Gasteiger partial charge in [0, 0.05) is 18.0 Å². The molecule has 2 heteroatoms. The molecule has 0 aliphatic heterocycles. The van der Waals surface area contributed by atoms with E-state index in [-0.39, 0.29) is 6.04 Å². The van der Waals surface area contributed by atoms with E-state index in [1.54, 1.807) is 6.26 Å². The van der Waals surface area contributed by atoms with Crippen molar-refractivity contribution in [3.05, 3.63) is 23.7 Å². The third-order valence-corrected chi connectivity index (χ3v) is 1.64. The topological polar surface area (TPSA) is 39.2 Å². The summed E-state index contributed by atoms with van der Waals surface area (Å²) >= 11 is 0. The van der Waals surface area contributed by atoms with Gasteiger partial charge in [-0.2, -0.15) is 0 Å². The molecule has 0 aromatic carbocycles. The van der Waals surface area contributed by atoms with Gasteiger partial charge in [-0.1, -0.05) is 0 Å². The van der Waals surface area contributed by atoms with Gasteiger partial charge in [-0.25, -0.2) is 0 Å². The highest BCUT2D eigenvalue weighted by atomic mass is 16.3. The van der Waals surface area contributed by atoms with Crippen molar-refractivity contribution in [3.8, 4) is 12.3 Å². The van der Waals surface area contributed by atoms with Gasteiger partial charge in [-0.05, 0) is 13.0 Å². The van der Waals surface area contributed by atoms with Crippen LogP contribution in [0.5, 0.6) is 0 Å². The van der Waals surface area contributed by atoms with Gasteiger partial charge >= 0.3 is 0 Å². The van der Waals surface area contributed by atoms with Gasteiger partial charge in [0.15, 0.2) is 0 Å². The molecule has 0 aliphatic rings. The van der Waals surface area contributed by atoms with Crippen LogP contribution in [0.15, 0.2) is 16.7 Å². The van der Waals surface area contributed by atoms with Crippen molar-refractivity contribution in [1.82, 2.24) is 0 Å². The summed E-state index contributed by atoms with van der Waals surface area (Å²) in [7, 11) is 0. The molecule has 0 amide bonds. The Morgan fingerprint density at radius 2 is 2.55 bits per heavy atom. The molecule has 0 spiro atoms. The van der Waals surface area contributed by atoms with Gasteiger partial charge in [0.05, 0.1) is 6.26 Å². The number of hydrogen-bond acceptors (Lipinski definition) is 2. The summed E-state index contributed by atoms with van der Waals surface area (Å²) in [4.78, 5) is 0. The highest BCUT2D eigenvalue weighted by molar-refractivity contribution is 5.21. The summed E-state index contributed by atoms with van der Waals surface area (Å²) in [5.74, 6) is 3.37. The summed E-state index contributed by atoms with van der Waals surface area (Å²) in [6, 6.07) is 1.77. The lowest BCUT2D eigenvalue weighted by Crippen LogP contribution is -2.09. The molecule has 2 nitrogen and oxygen atoms in total. The fourth-order valence-electron chi connectivity index (χ4n) is 1.02. The second-order valence-electron chi connectivity index (χ2n) is 2.45. The SMILES string of the molecule is C#CCC(N)c1ccoc1C. The summed E-state index contributed by atoms with van der Waals surface area (Å²) in [6.45, 7) is 1.88. The van der Waals surface area contributed by atoms with Crippen molar-refractivity contribution in [2.45, 2.75) is 19.4 Å². The van der Waals surface area contributed by atoms with Crippen molar-refractivity contribution in [1.29, 1.82) is 0 Å². The second kappa shape index (κ2) is 3.27. The highest BCUT2D eigenvalue weighted by Gasteiger charge is 2.08. The molecule has 0 radical (unpaired) electrons.